The summed E-state index contributed by atoms with van der Waals surface area (Å²) >= 11 is 2.98. The summed E-state index contributed by atoms with van der Waals surface area (Å²) in [5.74, 6) is 3.49. The van der Waals surface area contributed by atoms with Crippen molar-refractivity contribution in [3.05, 3.63) is 41.7 Å². The zero-order valence-electron chi connectivity index (χ0n) is 19.7. The molecule has 0 aliphatic rings. The Kier molecular flexibility index (Phi) is 8.25. The number of nitrogens with zero attached hydrogens (tertiary/aromatic N) is 2. The van der Waals surface area contributed by atoms with Crippen LogP contribution in [0.1, 0.15) is 38.0 Å². The van der Waals surface area contributed by atoms with Gasteiger partial charge in [-0.25, -0.2) is 9.97 Å². The van der Waals surface area contributed by atoms with Crippen LogP contribution >= 0.6 is 23.1 Å². The first-order valence-corrected chi connectivity index (χ1v) is 12.1. The molecule has 2 heterocycles. The van der Waals surface area contributed by atoms with Crippen LogP contribution in [-0.4, -0.2) is 37.2 Å². The van der Waals surface area contributed by atoms with E-state index in [1.165, 1.54) is 18.4 Å². The molecule has 0 atom stereocenters. The molecular weight excluding hydrogens is 462 g/mol. The Morgan fingerprint density at radius 3 is 2.39 bits per heavy atom. The van der Waals surface area contributed by atoms with Crippen molar-refractivity contribution in [1.82, 2.24) is 9.97 Å². The fourth-order valence-electron chi connectivity index (χ4n) is 3.12. The highest BCUT2D eigenvalue weighted by Gasteiger charge is 2.17. The minimum Gasteiger partial charge on any atom is -0.493 e. The Morgan fingerprint density at radius 2 is 1.79 bits per heavy atom. The van der Waals surface area contributed by atoms with Gasteiger partial charge < -0.3 is 23.9 Å². The number of aromatic nitrogens is 2. The topological polar surface area (TPSA) is 95.7 Å². The number of carbonyl (C=O) groups excluding carboxylic acids is 1. The predicted octanol–water partition coefficient (Wildman–Crippen LogP) is 5.22. The highest BCUT2D eigenvalue weighted by atomic mass is 32.2. The van der Waals surface area contributed by atoms with Gasteiger partial charge in [0.2, 0.25) is 17.5 Å². The molecular formula is C23H29N3O5S2. The molecule has 33 heavy (non-hydrogen) atoms. The van der Waals surface area contributed by atoms with Gasteiger partial charge in [-0.05, 0) is 23.1 Å². The van der Waals surface area contributed by atoms with E-state index >= 15 is 0 Å². The first-order valence-electron chi connectivity index (χ1n) is 10.3. The number of nitrogens with one attached hydrogen (secondary N) is 1. The number of oxazole rings is 1. The van der Waals surface area contributed by atoms with Gasteiger partial charge >= 0.3 is 0 Å². The molecule has 0 saturated carbocycles. The van der Waals surface area contributed by atoms with Gasteiger partial charge in [0.15, 0.2) is 16.6 Å². The molecule has 0 radical (unpaired) electrons. The number of amides is 1. The van der Waals surface area contributed by atoms with Crippen LogP contribution in [0.2, 0.25) is 0 Å². The second-order valence-corrected chi connectivity index (χ2v) is 10.8. The van der Waals surface area contributed by atoms with Crippen LogP contribution in [0.4, 0.5) is 5.13 Å². The van der Waals surface area contributed by atoms with E-state index in [0.29, 0.717) is 34.0 Å². The molecule has 1 N–H and O–H groups in total. The molecule has 0 fully saturated rings. The molecule has 0 spiro atoms. The number of hydrogen-bond acceptors (Lipinski definition) is 9. The van der Waals surface area contributed by atoms with Gasteiger partial charge in [-0.2, -0.15) is 0 Å². The van der Waals surface area contributed by atoms with Crippen molar-refractivity contribution in [3.63, 3.8) is 0 Å². The molecule has 0 unspecified atom stereocenters. The Labute approximate surface area is 202 Å². The highest BCUT2D eigenvalue weighted by molar-refractivity contribution is 8.00. The number of thioether (sulfide) groups is 1. The first-order chi connectivity index (χ1) is 15.7. The standard InChI is InChI=1S/C23H29N3O5S2/c1-23(2,3)10-15-11-24-19(31-15)13-32-20-12-25-22(33-20)26-18(27)9-14-7-16(28-4)21(30-6)17(8-14)29-5/h7-8,11-12H,9-10,13H2,1-6H3,(H,25,26,27). The van der Waals surface area contributed by atoms with Crippen molar-refractivity contribution < 1.29 is 23.4 Å². The van der Waals surface area contributed by atoms with Gasteiger partial charge in [-0.3, -0.25) is 4.79 Å². The van der Waals surface area contributed by atoms with E-state index in [2.05, 4.69) is 36.1 Å². The van der Waals surface area contributed by atoms with Crippen molar-refractivity contribution in [3.8, 4) is 17.2 Å². The first kappa shape index (κ1) is 24.9. The fourth-order valence-corrected chi connectivity index (χ4v) is 4.86. The molecule has 0 aliphatic heterocycles. The Bertz CT molecular complexity index is 1060. The van der Waals surface area contributed by atoms with E-state index in [1.54, 1.807) is 50.5 Å². The van der Waals surface area contributed by atoms with Crippen molar-refractivity contribution in [2.45, 2.75) is 43.6 Å². The Hall–Kier alpha value is -2.72. The van der Waals surface area contributed by atoms with E-state index in [9.17, 15) is 4.79 Å². The maximum Gasteiger partial charge on any atom is 0.230 e. The van der Waals surface area contributed by atoms with E-state index in [-0.39, 0.29) is 17.7 Å². The molecule has 0 saturated heterocycles. The van der Waals surface area contributed by atoms with Crippen LogP contribution in [0.15, 0.2) is 33.2 Å². The van der Waals surface area contributed by atoms with Crippen LogP contribution < -0.4 is 19.5 Å². The van der Waals surface area contributed by atoms with Crippen LogP contribution in [-0.2, 0) is 23.4 Å². The number of thiazole rings is 1. The number of methoxy groups -OCH3 is 3. The Balaban J connectivity index is 1.56. The molecule has 0 bridgehead atoms. The van der Waals surface area contributed by atoms with Crippen LogP contribution in [0.3, 0.4) is 0 Å². The van der Waals surface area contributed by atoms with E-state index in [4.69, 9.17) is 18.6 Å². The van der Waals surface area contributed by atoms with E-state index in [1.807, 2.05) is 0 Å². The Morgan fingerprint density at radius 1 is 1.09 bits per heavy atom. The molecule has 2 aromatic heterocycles. The normalized spacial score (nSPS) is 11.3. The lowest BCUT2D eigenvalue weighted by Gasteiger charge is -2.15. The lowest BCUT2D eigenvalue weighted by atomic mass is 9.91. The number of rotatable bonds is 10. The van der Waals surface area contributed by atoms with Crippen molar-refractivity contribution >= 4 is 34.1 Å². The van der Waals surface area contributed by atoms with Gasteiger partial charge in [0.05, 0.1) is 50.1 Å². The minimum absolute atomic E-state index is 0.144. The van der Waals surface area contributed by atoms with Gasteiger partial charge in [-0.1, -0.05) is 32.1 Å². The zero-order valence-corrected chi connectivity index (χ0v) is 21.3. The second kappa shape index (κ2) is 10.9. The lowest BCUT2D eigenvalue weighted by molar-refractivity contribution is -0.115. The molecule has 3 rings (SSSR count). The fraction of sp³-hybridized carbons (Fsp3) is 0.435. The summed E-state index contributed by atoms with van der Waals surface area (Å²) in [4.78, 5) is 21.2. The third-order valence-corrected chi connectivity index (χ3v) is 6.56. The summed E-state index contributed by atoms with van der Waals surface area (Å²) in [6.45, 7) is 6.50. The third kappa shape index (κ3) is 7.13. The number of carbonyl (C=O) groups is 1. The van der Waals surface area contributed by atoms with Gasteiger partial charge in [0.25, 0.3) is 0 Å². The third-order valence-electron chi connectivity index (χ3n) is 4.46. The molecule has 1 amide bonds. The summed E-state index contributed by atoms with van der Waals surface area (Å²) in [5.41, 5.74) is 0.889. The maximum atomic E-state index is 12.6. The van der Waals surface area contributed by atoms with Crippen LogP contribution in [0, 0.1) is 5.41 Å². The SMILES string of the molecule is COc1cc(CC(=O)Nc2ncc(SCc3ncc(CC(C)(C)C)o3)s2)cc(OC)c1OC. The molecule has 3 aromatic rings. The molecule has 1 aromatic carbocycles. The molecule has 8 nitrogen and oxygen atoms in total. The number of hydrogen-bond donors (Lipinski definition) is 1. The summed E-state index contributed by atoms with van der Waals surface area (Å²) in [6, 6.07) is 3.52. The molecule has 0 aliphatic carbocycles. The van der Waals surface area contributed by atoms with Crippen LogP contribution in [0.5, 0.6) is 17.2 Å². The number of ether oxygens (including phenoxy) is 3. The quantitative estimate of drug-likeness (QED) is 0.386. The smallest absolute Gasteiger partial charge is 0.230 e. The van der Waals surface area contributed by atoms with Gasteiger partial charge in [0.1, 0.15) is 5.76 Å². The predicted molar refractivity (Wildman–Crippen MR) is 130 cm³/mol. The molecule has 10 heteroatoms. The zero-order chi connectivity index (χ0) is 24.0. The van der Waals surface area contributed by atoms with Crippen LogP contribution in [0.25, 0.3) is 0 Å². The second-order valence-electron chi connectivity index (χ2n) is 8.49. The van der Waals surface area contributed by atoms with Crippen molar-refractivity contribution in [1.29, 1.82) is 0 Å². The van der Waals surface area contributed by atoms with E-state index in [0.717, 1.165) is 22.0 Å². The summed E-state index contributed by atoms with van der Waals surface area (Å²) in [6.07, 6.45) is 4.52. The molecule has 178 valence electrons. The van der Waals surface area contributed by atoms with Crippen molar-refractivity contribution in [2.75, 3.05) is 26.6 Å². The average molecular weight is 492 g/mol. The monoisotopic (exact) mass is 491 g/mol. The largest absolute Gasteiger partial charge is 0.493 e. The average Bonchev–Trinajstić information content (AvgIpc) is 3.39. The lowest BCUT2D eigenvalue weighted by Crippen LogP contribution is -2.14. The number of benzene rings is 1. The van der Waals surface area contributed by atoms with Gasteiger partial charge in [-0.15, -0.1) is 11.8 Å². The van der Waals surface area contributed by atoms with Crippen molar-refractivity contribution in [2.24, 2.45) is 5.41 Å². The summed E-state index contributed by atoms with van der Waals surface area (Å²) in [5, 5.41) is 3.38. The van der Waals surface area contributed by atoms with E-state index < -0.39 is 0 Å². The summed E-state index contributed by atoms with van der Waals surface area (Å²) < 4.78 is 22.8. The number of anilines is 1. The highest BCUT2D eigenvalue weighted by Crippen LogP contribution is 2.38. The summed E-state index contributed by atoms with van der Waals surface area (Å²) in [7, 11) is 4.62. The van der Waals surface area contributed by atoms with Gasteiger partial charge in [0, 0.05) is 6.42 Å². The minimum atomic E-state index is -0.185. The maximum absolute atomic E-state index is 12.6.